The van der Waals surface area contributed by atoms with Gasteiger partial charge in [0.25, 0.3) is 5.91 Å². The van der Waals surface area contributed by atoms with Crippen molar-refractivity contribution in [3.05, 3.63) is 47.7 Å². The highest BCUT2D eigenvalue weighted by Crippen LogP contribution is 2.24. The quantitative estimate of drug-likeness (QED) is 0.670. The summed E-state index contributed by atoms with van der Waals surface area (Å²) in [5, 5.41) is 7.55. The second-order valence-corrected chi connectivity index (χ2v) is 5.07. The molecule has 7 heteroatoms. The number of pyridine rings is 1. The minimum Gasteiger partial charge on any atom is -0.327 e. The van der Waals surface area contributed by atoms with Crippen LogP contribution >= 0.6 is 12.2 Å². The maximum absolute atomic E-state index is 12.5. The zero-order valence-electron chi connectivity index (χ0n) is 11.6. The third-order valence-electron chi connectivity index (χ3n) is 3.12. The van der Waals surface area contributed by atoms with Gasteiger partial charge in [0.05, 0.1) is 11.4 Å². The van der Waals surface area contributed by atoms with Gasteiger partial charge in [-0.25, -0.2) is 4.90 Å². The molecule has 0 spiro atoms. The number of thiocarbonyl (C=S) groups is 1. The smallest absolute Gasteiger partial charge is 0.281 e. The Balaban J connectivity index is 1.96. The number of amides is 1. The van der Waals surface area contributed by atoms with Crippen LogP contribution in [0.5, 0.6) is 0 Å². The highest BCUT2D eigenvalue weighted by Gasteiger charge is 2.33. The molecule has 0 radical (unpaired) electrons. The molecule has 106 valence electrons. The van der Waals surface area contributed by atoms with Crippen LogP contribution < -0.4 is 10.2 Å². The third kappa shape index (κ3) is 2.43. The highest BCUT2D eigenvalue weighted by molar-refractivity contribution is 7.80. The van der Waals surface area contributed by atoms with Crippen molar-refractivity contribution in [3.63, 3.8) is 0 Å². The molecule has 0 atom stereocenters. The summed E-state index contributed by atoms with van der Waals surface area (Å²) in [7, 11) is 1.81. The maximum atomic E-state index is 12.5. The zero-order chi connectivity index (χ0) is 15.0. The molecule has 1 amide bonds. The van der Waals surface area contributed by atoms with Gasteiger partial charge in [-0.2, -0.15) is 5.10 Å². The standard InChI is InChI=1S/C14H13N5OS/c1-9-12(8-18(2)17-9)19-13(20)11(16-14(19)21)7-10-3-5-15-6-4-10/h3-8H,1-2H3,(H,16,21)/b11-7+. The molecule has 2 aromatic heterocycles. The summed E-state index contributed by atoms with van der Waals surface area (Å²) in [6.07, 6.45) is 6.87. The molecule has 3 rings (SSSR count). The van der Waals surface area contributed by atoms with E-state index in [1.54, 1.807) is 36.4 Å². The molecule has 0 aromatic carbocycles. The van der Waals surface area contributed by atoms with Crippen LogP contribution in [0.4, 0.5) is 5.69 Å². The second-order valence-electron chi connectivity index (χ2n) is 4.68. The molecule has 0 unspecified atom stereocenters. The van der Waals surface area contributed by atoms with Crippen LogP contribution in [0.25, 0.3) is 6.08 Å². The highest BCUT2D eigenvalue weighted by atomic mass is 32.1. The lowest BCUT2D eigenvalue weighted by molar-refractivity contribution is -0.113. The number of anilines is 1. The van der Waals surface area contributed by atoms with Crippen LogP contribution in [0.3, 0.4) is 0 Å². The van der Waals surface area contributed by atoms with Gasteiger partial charge in [-0.05, 0) is 42.9 Å². The van der Waals surface area contributed by atoms with Gasteiger partial charge in [-0.3, -0.25) is 14.5 Å². The lowest BCUT2D eigenvalue weighted by Gasteiger charge is -2.11. The Kier molecular flexibility index (Phi) is 3.26. The number of carbonyl (C=O) groups excluding carboxylic acids is 1. The number of rotatable bonds is 2. The lowest BCUT2D eigenvalue weighted by atomic mass is 10.2. The van der Waals surface area contributed by atoms with Crippen LogP contribution in [-0.4, -0.2) is 25.8 Å². The summed E-state index contributed by atoms with van der Waals surface area (Å²) in [4.78, 5) is 17.9. The van der Waals surface area contributed by atoms with Crippen molar-refractivity contribution in [2.24, 2.45) is 7.05 Å². The first-order valence-electron chi connectivity index (χ1n) is 6.33. The van der Waals surface area contributed by atoms with E-state index in [0.29, 0.717) is 16.5 Å². The van der Waals surface area contributed by atoms with E-state index in [9.17, 15) is 4.79 Å². The van der Waals surface area contributed by atoms with Crippen molar-refractivity contribution in [1.29, 1.82) is 0 Å². The van der Waals surface area contributed by atoms with Gasteiger partial charge in [0.15, 0.2) is 5.11 Å². The van der Waals surface area contributed by atoms with Crippen molar-refractivity contribution >= 4 is 35.0 Å². The first-order valence-corrected chi connectivity index (χ1v) is 6.74. The number of nitrogens with zero attached hydrogens (tertiary/aromatic N) is 4. The Bertz CT molecular complexity index is 750. The van der Waals surface area contributed by atoms with E-state index in [-0.39, 0.29) is 5.91 Å². The van der Waals surface area contributed by atoms with Gasteiger partial charge < -0.3 is 5.32 Å². The molecule has 0 aliphatic carbocycles. The van der Waals surface area contributed by atoms with Crippen molar-refractivity contribution in [2.45, 2.75) is 6.92 Å². The van der Waals surface area contributed by atoms with Crippen molar-refractivity contribution in [2.75, 3.05) is 4.90 Å². The van der Waals surface area contributed by atoms with Gasteiger partial charge >= 0.3 is 0 Å². The van der Waals surface area contributed by atoms with Crippen LogP contribution in [0.15, 0.2) is 36.4 Å². The van der Waals surface area contributed by atoms with E-state index >= 15 is 0 Å². The molecule has 1 aliphatic heterocycles. The summed E-state index contributed by atoms with van der Waals surface area (Å²) in [5.41, 5.74) is 2.76. The van der Waals surface area contributed by atoms with E-state index in [2.05, 4.69) is 15.4 Å². The molecule has 3 heterocycles. The number of hydrogen-bond acceptors (Lipinski definition) is 4. The number of aromatic nitrogens is 3. The van der Waals surface area contributed by atoms with Gasteiger partial charge in [-0.1, -0.05) is 0 Å². The van der Waals surface area contributed by atoms with Gasteiger partial charge in [0, 0.05) is 25.6 Å². The fourth-order valence-electron chi connectivity index (χ4n) is 2.19. The maximum Gasteiger partial charge on any atom is 0.281 e. The van der Waals surface area contributed by atoms with Gasteiger partial charge in [-0.15, -0.1) is 0 Å². The first-order chi connectivity index (χ1) is 10.1. The lowest BCUT2D eigenvalue weighted by Crippen LogP contribution is -2.30. The number of nitrogens with one attached hydrogen (secondary N) is 1. The second kappa shape index (κ2) is 5.10. The zero-order valence-corrected chi connectivity index (χ0v) is 12.4. The molecule has 21 heavy (non-hydrogen) atoms. The molecular weight excluding hydrogens is 286 g/mol. The predicted molar refractivity (Wildman–Crippen MR) is 83.4 cm³/mol. The Hall–Kier alpha value is -2.54. The Labute approximate surface area is 127 Å². The molecule has 6 nitrogen and oxygen atoms in total. The van der Waals surface area contributed by atoms with Crippen molar-refractivity contribution in [1.82, 2.24) is 20.1 Å². The summed E-state index contributed by atoms with van der Waals surface area (Å²) in [6.45, 7) is 1.84. The monoisotopic (exact) mass is 299 g/mol. The van der Waals surface area contributed by atoms with Gasteiger partial charge in [0.2, 0.25) is 0 Å². The van der Waals surface area contributed by atoms with Crippen LogP contribution in [0, 0.1) is 6.92 Å². The average Bonchev–Trinajstić information content (AvgIpc) is 2.91. The van der Waals surface area contributed by atoms with E-state index in [1.165, 1.54) is 4.90 Å². The fourth-order valence-corrected chi connectivity index (χ4v) is 2.48. The first kappa shape index (κ1) is 13.4. The molecule has 0 saturated carbocycles. The normalized spacial score (nSPS) is 16.7. The molecule has 1 saturated heterocycles. The molecular formula is C14H13N5OS. The molecule has 1 fully saturated rings. The summed E-state index contributed by atoms with van der Waals surface area (Å²) >= 11 is 5.27. The van der Waals surface area contributed by atoms with Crippen LogP contribution in [0.2, 0.25) is 0 Å². The number of carbonyl (C=O) groups is 1. The summed E-state index contributed by atoms with van der Waals surface area (Å²) in [6, 6.07) is 3.64. The average molecular weight is 299 g/mol. The van der Waals surface area contributed by atoms with Crippen LogP contribution in [0.1, 0.15) is 11.3 Å². The summed E-state index contributed by atoms with van der Waals surface area (Å²) < 4.78 is 1.66. The third-order valence-corrected chi connectivity index (χ3v) is 3.41. The number of aryl methyl sites for hydroxylation is 2. The Morgan fingerprint density at radius 3 is 2.67 bits per heavy atom. The topological polar surface area (TPSA) is 63.1 Å². The van der Waals surface area contributed by atoms with E-state index < -0.39 is 0 Å². The SMILES string of the molecule is Cc1nn(C)cc1N1C(=O)/C(=C\c2ccncc2)NC1=S. The minimum absolute atomic E-state index is 0.187. The fraction of sp³-hybridized carbons (Fsp3) is 0.143. The van der Waals surface area contributed by atoms with E-state index in [4.69, 9.17) is 12.2 Å². The Morgan fingerprint density at radius 1 is 1.33 bits per heavy atom. The Morgan fingerprint density at radius 2 is 2.05 bits per heavy atom. The van der Waals surface area contributed by atoms with E-state index in [1.807, 2.05) is 19.1 Å². The molecule has 1 N–H and O–H groups in total. The minimum atomic E-state index is -0.187. The molecule has 2 aromatic rings. The largest absolute Gasteiger partial charge is 0.327 e. The summed E-state index contributed by atoms with van der Waals surface area (Å²) in [5.74, 6) is -0.187. The van der Waals surface area contributed by atoms with Crippen molar-refractivity contribution < 1.29 is 4.79 Å². The molecule has 1 aliphatic rings. The van der Waals surface area contributed by atoms with Crippen molar-refractivity contribution in [3.8, 4) is 0 Å². The predicted octanol–water partition coefficient (Wildman–Crippen LogP) is 1.39. The molecule has 0 bridgehead atoms. The van der Waals surface area contributed by atoms with E-state index in [0.717, 1.165) is 11.3 Å². The van der Waals surface area contributed by atoms with Crippen LogP contribution in [-0.2, 0) is 11.8 Å². The number of hydrogen-bond donors (Lipinski definition) is 1. The van der Waals surface area contributed by atoms with Gasteiger partial charge in [0.1, 0.15) is 5.70 Å².